The van der Waals surface area contributed by atoms with E-state index in [0.29, 0.717) is 22.5 Å². The van der Waals surface area contributed by atoms with E-state index in [2.05, 4.69) is 15.0 Å². The molecule has 3 aromatic rings. The Morgan fingerprint density at radius 2 is 2.00 bits per heavy atom. The summed E-state index contributed by atoms with van der Waals surface area (Å²) in [5.41, 5.74) is 1.51. The molecule has 3 rings (SSSR count). The van der Waals surface area contributed by atoms with Gasteiger partial charge in [0.15, 0.2) is 5.65 Å². The maximum Gasteiger partial charge on any atom is 0.291 e. The molecule has 0 saturated carbocycles. The average molecular weight is 317 g/mol. The molecule has 0 N–H and O–H groups in total. The van der Waals surface area contributed by atoms with Crippen LogP contribution in [0, 0.1) is 17.0 Å². The molecule has 110 valence electrons. The van der Waals surface area contributed by atoms with Crippen LogP contribution in [0.3, 0.4) is 0 Å². The van der Waals surface area contributed by atoms with Gasteiger partial charge in [-0.15, -0.1) is 0 Å². The van der Waals surface area contributed by atoms with Gasteiger partial charge in [0.2, 0.25) is 5.88 Å². The van der Waals surface area contributed by atoms with Gasteiger partial charge in [0.05, 0.1) is 11.0 Å². The van der Waals surface area contributed by atoms with Crippen molar-refractivity contribution in [2.75, 3.05) is 0 Å². The van der Waals surface area contributed by atoms with Crippen molar-refractivity contribution < 1.29 is 9.66 Å². The van der Waals surface area contributed by atoms with Gasteiger partial charge in [-0.05, 0) is 24.6 Å². The molecule has 0 saturated heterocycles. The highest BCUT2D eigenvalue weighted by atomic mass is 35.5. The molecule has 0 radical (unpaired) electrons. The third-order valence-electron chi connectivity index (χ3n) is 2.96. The van der Waals surface area contributed by atoms with E-state index >= 15 is 0 Å². The van der Waals surface area contributed by atoms with Crippen molar-refractivity contribution in [2.45, 2.75) is 6.92 Å². The molecule has 0 amide bonds. The van der Waals surface area contributed by atoms with E-state index < -0.39 is 4.92 Å². The molecule has 2 heterocycles. The van der Waals surface area contributed by atoms with Crippen molar-refractivity contribution >= 4 is 28.5 Å². The van der Waals surface area contributed by atoms with E-state index in [9.17, 15) is 10.1 Å². The number of rotatable bonds is 3. The minimum absolute atomic E-state index is 0.0622. The Bertz CT molecular complexity index is 885. The molecule has 1 aromatic carbocycles. The quantitative estimate of drug-likeness (QED) is 0.540. The Balaban J connectivity index is 2.00. The predicted molar refractivity (Wildman–Crippen MR) is 80.3 cm³/mol. The van der Waals surface area contributed by atoms with E-state index in [4.69, 9.17) is 16.3 Å². The normalized spacial score (nSPS) is 10.6. The Hall–Kier alpha value is -2.80. The van der Waals surface area contributed by atoms with E-state index in [0.717, 1.165) is 0 Å². The molecule has 0 aliphatic rings. The van der Waals surface area contributed by atoms with E-state index in [1.54, 1.807) is 25.3 Å². The number of halogens is 1. The van der Waals surface area contributed by atoms with Gasteiger partial charge in [0.25, 0.3) is 5.69 Å². The number of nitro benzene ring substituents is 1. The number of hydrogen-bond acceptors (Lipinski definition) is 6. The van der Waals surface area contributed by atoms with E-state index in [1.807, 2.05) is 0 Å². The van der Waals surface area contributed by atoms with Crippen LogP contribution in [0.2, 0.25) is 5.02 Å². The van der Waals surface area contributed by atoms with Crippen LogP contribution >= 0.6 is 11.6 Å². The minimum Gasteiger partial charge on any atom is -0.438 e. The highest BCUT2D eigenvalue weighted by molar-refractivity contribution is 6.32. The third kappa shape index (κ3) is 2.66. The molecule has 0 aliphatic carbocycles. The maximum atomic E-state index is 10.9. The highest BCUT2D eigenvalue weighted by Crippen LogP contribution is 2.34. The fourth-order valence-corrected chi connectivity index (χ4v) is 2.19. The SMILES string of the molecule is Cc1cc(Cl)c([N+](=O)[O-])cc1Oc1ccc2nccnc2n1. The molecule has 0 aliphatic heterocycles. The molecule has 0 unspecified atom stereocenters. The molecule has 8 heteroatoms. The van der Waals surface area contributed by atoms with Gasteiger partial charge in [-0.2, -0.15) is 4.98 Å². The van der Waals surface area contributed by atoms with Crippen molar-refractivity contribution in [3.63, 3.8) is 0 Å². The molecule has 7 nitrogen and oxygen atoms in total. The van der Waals surface area contributed by atoms with Crippen LogP contribution in [-0.2, 0) is 0 Å². The number of aromatic nitrogens is 3. The summed E-state index contributed by atoms with van der Waals surface area (Å²) < 4.78 is 5.62. The van der Waals surface area contributed by atoms with Crippen LogP contribution in [0.4, 0.5) is 5.69 Å². The van der Waals surface area contributed by atoms with Gasteiger partial charge in [0, 0.05) is 18.5 Å². The van der Waals surface area contributed by atoms with Crippen LogP contribution in [0.25, 0.3) is 11.2 Å². The predicted octanol–water partition coefficient (Wildman–Crippen LogP) is 3.69. The Morgan fingerprint density at radius 1 is 1.23 bits per heavy atom. The van der Waals surface area contributed by atoms with Crippen molar-refractivity contribution in [2.24, 2.45) is 0 Å². The molecule has 0 spiro atoms. The number of benzene rings is 1. The number of fused-ring (bicyclic) bond motifs is 1. The number of hydrogen-bond donors (Lipinski definition) is 0. The molecular formula is C14H9ClN4O3. The summed E-state index contributed by atoms with van der Waals surface area (Å²) >= 11 is 5.85. The number of nitrogens with zero attached hydrogens (tertiary/aromatic N) is 4. The fraction of sp³-hybridized carbons (Fsp3) is 0.0714. The zero-order chi connectivity index (χ0) is 15.7. The van der Waals surface area contributed by atoms with Crippen LogP contribution in [-0.4, -0.2) is 19.9 Å². The minimum atomic E-state index is -0.562. The zero-order valence-electron chi connectivity index (χ0n) is 11.4. The van der Waals surface area contributed by atoms with Gasteiger partial charge in [-0.3, -0.25) is 15.1 Å². The second kappa shape index (κ2) is 5.53. The Morgan fingerprint density at radius 3 is 2.77 bits per heavy atom. The Kier molecular flexibility index (Phi) is 3.56. The number of ether oxygens (including phenoxy) is 1. The van der Waals surface area contributed by atoms with Crippen molar-refractivity contribution in [1.29, 1.82) is 0 Å². The van der Waals surface area contributed by atoms with Gasteiger partial charge >= 0.3 is 0 Å². The van der Waals surface area contributed by atoms with Crippen molar-refractivity contribution in [1.82, 2.24) is 15.0 Å². The third-order valence-corrected chi connectivity index (χ3v) is 3.26. The Labute approximate surface area is 129 Å². The first-order valence-corrected chi connectivity index (χ1v) is 6.62. The summed E-state index contributed by atoms with van der Waals surface area (Å²) in [5.74, 6) is 0.583. The molecule has 0 bridgehead atoms. The highest BCUT2D eigenvalue weighted by Gasteiger charge is 2.17. The summed E-state index contributed by atoms with van der Waals surface area (Å²) in [6, 6.07) is 6.09. The molecule has 22 heavy (non-hydrogen) atoms. The smallest absolute Gasteiger partial charge is 0.291 e. The fourth-order valence-electron chi connectivity index (χ4n) is 1.90. The van der Waals surface area contributed by atoms with Crippen LogP contribution < -0.4 is 4.74 Å². The largest absolute Gasteiger partial charge is 0.438 e. The van der Waals surface area contributed by atoms with Crippen LogP contribution in [0.1, 0.15) is 5.56 Å². The zero-order valence-corrected chi connectivity index (χ0v) is 12.1. The summed E-state index contributed by atoms with van der Waals surface area (Å²) in [6.45, 7) is 1.74. The first-order chi connectivity index (χ1) is 10.5. The molecule has 2 aromatic heterocycles. The number of nitro groups is 1. The molecule has 0 fully saturated rings. The number of aryl methyl sites for hydroxylation is 1. The van der Waals surface area contributed by atoms with Crippen molar-refractivity contribution in [3.8, 4) is 11.6 Å². The van der Waals surface area contributed by atoms with Crippen LogP contribution in [0.15, 0.2) is 36.7 Å². The van der Waals surface area contributed by atoms with Gasteiger partial charge < -0.3 is 4.74 Å². The van der Waals surface area contributed by atoms with Crippen LogP contribution in [0.5, 0.6) is 11.6 Å². The summed E-state index contributed by atoms with van der Waals surface area (Å²) in [6.07, 6.45) is 3.09. The first-order valence-electron chi connectivity index (χ1n) is 6.25. The summed E-state index contributed by atoms with van der Waals surface area (Å²) in [7, 11) is 0. The number of pyridine rings is 1. The second-order valence-electron chi connectivity index (χ2n) is 4.48. The van der Waals surface area contributed by atoms with Crippen molar-refractivity contribution in [3.05, 3.63) is 57.4 Å². The topological polar surface area (TPSA) is 91.0 Å². The first kappa shape index (κ1) is 14.2. The van der Waals surface area contributed by atoms with Gasteiger partial charge in [-0.25, -0.2) is 4.98 Å². The monoisotopic (exact) mass is 316 g/mol. The summed E-state index contributed by atoms with van der Waals surface area (Å²) in [5, 5.41) is 11.0. The summed E-state index contributed by atoms with van der Waals surface area (Å²) in [4.78, 5) is 22.8. The lowest BCUT2D eigenvalue weighted by Crippen LogP contribution is -1.95. The lowest BCUT2D eigenvalue weighted by atomic mass is 10.2. The van der Waals surface area contributed by atoms with Gasteiger partial charge in [-0.1, -0.05) is 11.6 Å². The van der Waals surface area contributed by atoms with E-state index in [-0.39, 0.29) is 16.6 Å². The lowest BCUT2D eigenvalue weighted by molar-refractivity contribution is -0.384. The second-order valence-corrected chi connectivity index (χ2v) is 4.88. The molecular weight excluding hydrogens is 308 g/mol. The average Bonchev–Trinajstić information content (AvgIpc) is 2.49. The maximum absolute atomic E-state index is 10.9. The lowest BCUT2D eigenvalue weighted by Gasteiger charge is -2.08. The standard InChI is InChI=1S/C14H9ClN4O3/c1-8-6-9(15)11(19(20)21)7-12(8)22-13-3-2-10-14(18-13)17-5-4-16-10/h2-7H,1H3. The molecule has 0 atom stereocenters. The van der Waals surface area contributed by atoms with Gasteiger partial charge in [0.1, 0.15) is 16.3 Å². The van der Waals surface area contributed by atoms with E-state index in [1.165, 1.54) is 18.3 Å².